The molecule has 3 nitrogen and oxygen atoms in total. The first-order chi connectivity index (χ1) is 10.5. The quantitative estimate of drug-likeness (QED) is 0.780. The highest BCUT2D eigenvalue weighted by Gasteiger charge is 2.28. The zero-order valence-corrected chi connectivity index (χ0v) is 14.8. The van der Waals surface area contributed by atoms with Crippen molar-refractivity contribution in [3.05, 3.63) is 58.1 Å². The predicted molar refractivity (Wildman–Crippen MR) is 92.8 cm³/mol. The zero-order chi connectivity index (χ0) is 15.7. The van der Waals surface area contributed by atoms with Gasteiger partial charge in [-0.2, -0.15) is 0 Å². The summed E-state index contributed by atoms with van der Waals surface area (Å²) < 4.78 is 28.5. The summed E-state index contributed by atoms with van der Waals surface area (Å²) in [6, 6.07) is 13.0. The summed E-state index contributed by atoms with van der Waals surface area (Å²) in [5.74, 6) is 0. The second kappa shape index (κ2) is 6.05. The molecule has 0 N–H and O–H groups in total. The second-order valence-electron chi connectivity index (χ2n) is 5.57. The molecule has 0 atom stereocenters. The molecule has 0 saturated heterocycles. The molecule has 0 fully saturated rings. The van der Waals surface area contributed by atoms with Gasteiger partial charge in [0.05, 0.1) is 10.6 Å². The summed E-state index contributed by atoms with van der Waals surface area (Å²) in [6.07, 6.45) is 2.82. The largest absolute Gasteiger partial charge is 0.266 e. The van der Waals surface area contributed by atoms with Gasteiger partial charge < -0.3 is 0 Å². The molecule has 22 heavy (non-hydrogen) atoms. The number of benzene rings is 2. The van der Waals surface area contributed by atoms with Crippen molar-refractivity contribution in [3.63, 3.8) is 0 Å². The van der Waals surface area contributed by atoms with Crippen molar-refractivity contribution >= 4 is 31.6 Å². The Morgan fingerprint density at radius 3 is 2.64 bits per heavy atom. The second-order valence-corrected chi connectivity index (χ2v) is 8.29. The van der Waals surface area contributed by atoms with Crippen LogP contribution < -0.4 is 4.31 Å². The molecule has 3 rings (SSSR count). The highest BCUT2D eigenvalue weighted by atomic mass is 79.9. The van der Waals surface area contributed by atoms with Gasteiger partial charge in [-0.3, -0.25) is 4.31 Å². The highest BCUT2D eigenvalue weighted by molar-refractivity contribution is 9.10. The fourth-order valence-electron chi connectivity index (χ4n) is 2.77. The van der Waals surface area contributed by atoms with E-state index >= 15 is 0 Å². The lowest BCUT2D eigenvalue weighted by Crippen LogP contribution is -2.31. The van der Waals surface area contributed by atoms with Crippen LogP contribution in [0.25, 0.3) is 0 Å². The predicted octanol–water partition coefficient (Wildman–Crippen LogP) is 4.29. The van der Waals surface area contributed by atoms with E-state index in [4.69, 9.17) is 0 Å². The van der Waals surface area contributed by atoms with Crippen molar-refractivity contribution in [2.24, 2.45) is 0 Å². The maximum absolute atomic E-state index is 13.1. The van der Waals surface area contributed by atoms with Crippen LogP contribution >= 0.6 is 15.9 Å². The molecule has 0 aromatic heterocycles. The van der Waals surface area contributed by atoms with Crippen molar-refractivity contribution in [1.82, 2.24) is 0 Å². The third kappa shape index (κ3) is 2.79. The van der Waals surface area contributed by atoms with Gasteiger partial charge in [0.15, 0.2) is 0 Å². The minimum atomic E-state index is -3.53. The molecule has 0 aliphatic carbocycles. The molecule has 0 spiro atoms. The minimum absolute atomic E-state index is 0.335. The average Bonchev–Trinajstić information content (AvgIpc) is 2.72. The van der Waals surface area contributed by atoms with Crippen LogP contribution in [0.3, 0.4) is 0 Å². The molecule has 116 valence electrons. The lowest BCUT2D eigenvalue weighted by Gasteiger charge is -2.24. The van der Waals surface area contributed by atoms with E-state index in [2.05, 4.69) is 15.9 Å². The van der Waals surface area contributed by atoms with Crippen LogP contribution in [0, 0.1) is 6.92 Å². The third-order valence-corrected chi connectivity index (χ3v) is 6.71. The summed E-state index contributed by atoms with van der Waals surface area (Å²) >= 11 is 3.43. The fourth-order valence-corrected chi connectivity index (χ4v) is 4.87. The number of hydrogen-bond acceptors (Lipinski definition) is 2. The molecular weight excluding hydrogens is 362 g/mol. The van der Waals surface area contributed by atoms with E-state index in [1.807, 2.05) is 37.3 Å². The Hall–Kier alpha value is -1.33. The average molecular weight is 380 g/mol. The van der Waals surface area contributed by atoms with Crippen molar-refractivity contribution in [2.45, 2.75) is 31.1 Å². The van der Waals surface area contributed by atoms with Crippen molar-refractivity contribution in [3.8, 4) is 0 Å². The number of fused-ring (bicyclic) bond motifs is 1. The van der Waals surface area contributed by atoms with Crippen LogP contribution in [0.2, 0.25) is 0 Å². The van der Waals surface area contributed by atoms with E-state index < -0.39 is 10.0 Å². The normalized spacial score (nSPS) is 15.3. The Balaban J connectivity index is 2.10. The Morgan fingerprint density at radius 2 is 1.86 bits per heavy atom. The number of aryl methyl sites for hydroxylation is 2. The summed E-state index contributed by atoms with van der Waals surface area (Å²) in [7, 11) is -3.53. The summed E-state index contributed by atoms with van der Waals surface area (Å²) in [5.41, 5.74) is 2.95. The van der Waals surface area contributed by atoms with E-state index in [1.54, 1.807) is 16.4 Å². The van der Waals surface area contributed by atoms with E-state index in [0.717, 1.165) is 40.5 Å². The third-order valence-electron chi connectivity index (χ3n) is 4.05. The van der Waals surface area contributed by atoms with Gasteiger partial charge in [-0.15, -0.1) is 0 Å². The molecule has 5 heteroatoms. The number of para-hydroxylation sites is 1. The van der Waals surface area contributed by atoms with E-state index in [9.17, 15) is 8.42 Å². The van der Waals surface area contributed by atoms with Gasteiger partial charge in [0.1, 0.15) is 0 Å². The number of hydrogen-bond donors (Lipinski definition) is 0. The first-order valence-electron chi connectivity index (χ1n) is 7.37. The standard InChI is InChI=1S/C17H18BrNO2S/c1-13-9-10-15(12-16(13)18)22(20,21)19-11-5-4-7-14-6-2-3-8-17(14)19/h2-3,6,8-10,12H,4-5,7,11H2,1H3. The lowest BCUT2D eigenvalue weighted by atomic mass is 10.1. The van der Waals surface area contributed by atoms with Crippen LogP contribution in [0.4, 0.5) is 5.69 Å². The SMILES string of the molecule is Cc1ccc(S(=O)(=O)N2CCCCc3ccccc32)cc1Br. The molecule has 0 amide bonds. The molecule has 1 aliphatic heterocycles. The highest BCUT2D eigenvalue weighted by Crippen LogP contribution is 2.32. The maximum atomic E-state index is 13.1. The van der Waals surface area contributed by atoms with Crippen molar-refractivity contribution in [1.29, 1.82) is 0 Å². The van der Waals surface area contributed by atoms with Crippen molar-refractivity contribution in [2.75, 3.05) is 10.8 Å². The Labute approximate surface area is 140 Å². The van der Waals surface area contributed by atoms with Gasteiger partial charge in [0.25, 0.3) is 10.0 Å². The molecule has 1 aliphatic rings. The molecule has 2 aromatic carbocycles. The van der Waals surface area contributed by atoms with Crippen LogP contribution in [0.5, 0.6) is 0 Å². The first kappa shape index (κ1) is 15.6. The fraction of sp³-hybridized carbons (Fsp3) is 0.294. The Morgan fingerprint density at radius 1 is 1.09 bits per heavy atom. The molecule has 0 radical (unpaired) electrons. The minimum Gasteiger partial charge on any atom is -0.266 e. The topological polar surface area (TPSA) is 37.4 Å². The smallest absolute Gasteiger partial charge is 0.264 e. The number of nitrogens with zero attached hydrogens (tertiary/aromatic N) is 1. The van der Waals surface area contributed by atoms with Gasteiger partial charge in [-0.1, -0.05) is 40.2 Å². The van der Waals surface area contributed by atoms with Crippen LogP contribution in [-0.4, -0.2) is 15.0 Å². The zero-order valence-electron chi connectivity index (χ0n) is 12.4. The monoisotopic (exact) mass is 379 g/mol. The number of anilines is 1. The van der Waals surface area contributed by atoms with Crippen LogP contribution in [0.1, 0.15) is 24.0 Å². The van der Waals surface area contributed by atoms with Gasteiger partial charge >= 0.3 is 0 Å². The van der Waals surface area contributed by atoms with Gasteiger partial charge in [0, 0.05) is 11.0 Å². The van der Waals surface area contributed by atoms with E-state index in [1.165, 1.54) is 0 Å². The lowest BCUT2D eigenvalue weighted by molar-refractivity contribution is 0.589. The van der Waals surface area contributed by atoms with Crippen LogP contribution in [0.15, 0.2) is 51.8 Å². The van der Waals surface area contributed by atoms with Gasteiger partial charge in [-0.05, 0) is 55.5 Å². The van der Waals surface area contributed by atoms with Gasteiger partial charge in [-0.25, -0.2) is 8.42 Å². The molecule has 1 heterocycles. The van der Waals surface area contributed by atoms with Crippen molar-refractivity contribution < 1.29 is 8.42 Å². The summed E-state index contributed by atoms with van der Waals surface area (Å²) in [4.78, 5) is 0.335. The maximum Gasteiger partial charge on any atom is 0.264 e. The van der Waals surface area contributed by atoms with Crippen LogP contribution in [-0.2, 0) is 16.4 Å². The number of sulfonamides is 1. The molecule has 2 aromatic rings. The number of halogens is 1. The van der Waals surface area contributed by atoms with E-state index in [0.29, 0.717) is 11.4 Å². The Bertz CT molecular complexity index is 802. The summed E-state index contributed by atoms with van der Waals surface area (Å²) in [5, 5.41) is 0. The summed E-state index contributed by atoms with van der Waals surface area (Å²) in [6.45, 7) is 2.48. The Kier molecular flexibility index (Phi) is 4.28. The first-order valence-corrected chi connectivity index (χ1v) is 9.60. The van der Waals surface area contributed by atoms with Gasteiger partial charge in [0.2, 0.25) is 0 Å². The molecule has 0 unspecified atom stereocenters. The molecular formula is C17H18BrNO2S. The van der Waals surface area contributed by atoms with E-state index in [-0.39, 0.29) is 0 Å². The molecule has 0 saturated carbocycles. The number of rotatable bonds is 2. The molecule has 0 bridgehead atoms.